The molecule has 0 N–H and O–H groups in total. The summed E-state index contributed by atoms with van der Waals surface area (Å²) in [7, 11) is 0. The summed E-state index contributed by atoms with van der Waals surface area (Å²) in [6.07, 6.45) is 5.36. The minimum Gasteiger partial charge on any atom is -0.330 e. The highest BCUT2D eigenvalue weighted by Gasteiger charge is 2.17. The van der Waals surface area contributed by atoms with Crippen molar-refractivity contribution < 1.29 is 4.79 Å². The van der Waals surface area contributed by atoms with Gasteiger partial charge >= 0.3 is 0 Å². The first-order valence-electron chi connectivity index (χ1n) is 8.58. The molecular formula is C22H19N3O. The van der Waals surface area contributed by atoms with E-state index in [2.05, 4.69) is 4.98 Å². The van der Waals surface area contributed by atoms with Crippen LogP contribution in [0, 0.1) is 0 Å². The molecule has 4 rings (SSSR count). The van der Waals surface area contributed by atoms with Gasteiger partial charge in [-0.05, 0) is 23.3 Å². The zero-order valence-corrected chi connectivity index (χ0v) is 14.3. The lowest BCUT2D eigenvalue weighted by Gasteiger charge is -2.23. The van der Waals surface area contributed by atoms with Gasteiger partial charge in [-0.25, -0.2) is 4.98 Å². The number of amides is 1. The Morgan fingerprint density at radius 3 is 2.12 bits per heavy atom. The molecule has 0 bridgehead atoms. The zero-order valence-electron chi connectivity index (χ0n) is 14.3. The molecule has 2 aromatic heterocycles. The van der Waals surface area contributed by atoms with Gasteiger partial charge in [0.15, 0.2) is 0 Å². The molecule has 0 saturated heterocycles. The van der Waals surface area contributed by atoms with Crippen LogP contribution >= 0.6 is 0 Å². The van der Waals surface area contributed by atoms with Crippen LogP contribution in [0.3, 0.4) is 0 Å². The standard InChI is InChI=1S/C22H19N3O/c26-22(20-11-12-24-17-23-14-21(24)13-20)25(15-18-7-3-1-4-8-18)16-19-9-5-2-6-10-19/h1-14,17H,15-16H2. The van der Waals surface area contributed by atoms with Gasteiger partial charge in [-0.1, -0.05) is 60.7 Å². The van der Waals surface area contributed by atoms with Crippen molar-refractivity contribution >= 4 is 11.4 Å². The van der Waals surface area contributed by atoms with Crippen molar-refractivity contribution in [2.75, 3.05) is 0 Å². The average Bonchev–Trinajstić information content (AvgIpc) is 3.16. The van der Waals surface area contributed by atoms with Gasteiger partial charge in [0.05, 0.1) is 18.0 Å². The Kier molecular flexibility index (Phi) is 4.48. The Morgan fingerprint density at radius 1 is 0.885 bits per heavy atom. The minimum absolute atomic E-state index is 0.0152. The number of carbonyl (C=O) groups excluding carboxylic acids is 1. The number of pyridine rings is 1. The van der Waals surface area contributed by atoms with E-state index in [0.29, 0.717) is 18.7 Å². The Labute approximate surface area is 152 Å². The summed E-state index contributed by atoms with van der Waals surface area (Å²) in [5.74, 6) is 0.0152. The number of benzene rings is 2. The van der Waals surface area contributed by atoms with Gasteiger partial charge in [-0.2, -0.15) is 0 Å². The average molecular weight is 341 g/mol. The van der Waals surface area contributed by atoms with E-state index in [0.717, 1.165) is 16.6 Å². The molecule has 0 atom stereocenters. The quantitative estimate of drug-likeness (QED) is 0.546. The van der Waals surface area contributed by atoms with Gasteiger partial charge in [0.25, 0.3) is 5.91 Å². The van der Waals surface area contributed by atoms with Crippen LogP contribution in [-0.4, -0.2) is 20.2 Å². The molecule has 26 heavy (non-hydrogen) atoms. The molecule has 0 fully saturated rings. The fourth-order valence-corrected chi connectivity index (χ4v) is 3.04. The molecule has 128 valence electrons. The number of fused-ring (bicyclic) bond motifs is 1. The van der Waals surface area contributed by atoms with E-state index in [9.17, 15) is 4.79 Å². The normalized spacial score (nSPS) is 10.8. The fraction of sp³-hybridized carbons (Fsp3) is 0.0909. The smallest absolute Gasteiger partial charge is 0.254 e. The second-order valence-electron chi connectivity index (χ2n) is 6.27. The van der Waals surface area contributed by atoms with E-state index in [1.54, 1.807) is 12.5 Å². The summed E-state index contributed by atoms with van der Waals surface area (Å²) in [5, 5.41) is 0. The first kappa shape index (κ1) is 16.1. The molecule has 2 heterocycles. The summed E-state index contributed by atoms with van der Waals surface area (Å²) in [6, 6.07) is 23.9. The van der Waals surface area contributed by atoms with E-state index in [1.165, 1.54) is 0 Å². The van der Waals surface area contributed by atoms with Gasteiger partial charge < -0.3 is 9.30 Å². The van der Waals surface area contributed by atoms with Gasteiger partial charge in [0.1, 0.15) is 0 Å². The lowest BCUT2D eigenvalue weighted by molar-refractivity contribution is 0.0730. The molecule has 0 radical (unpaired) electrons. The van der Waals surface area contributed by atoms with Crippen molar-refractivity contribution in [3.8, 4) is 0 Å². The predicted octanol–water partition coefficient (Wildman–Crippen LogP) is 4.18. The van der Waals surface area contributed by atoms with Crippen molar-refractivity contribution in [3.63, 3.8) is 0 Å². The van der Waals surface area contributed by atoms with E-state index < -0.39 is 0 Å². The van der Waals surface area contributed by atoms with Crippen LogP contribution in [0.25, 0.3) is 5.52 Å². The van der Waals surface area contributed by atoms with Crippen molar-refractivity contribution in [3.05, 3.63) is 108 Å². The molecule has 0 aliphatic carbocycles. The third-order valence-electron chi connectivity index (χ3n) is 4.38. The molecule has 4 aromatic rings. The molecular weight excluding hydrogens is 322 g/mol. The molecule has 0 aliphatic rings. The molecule has 4 heteroatoms. The second kappa shape index (κ2) is 7.23. The van der Waals surface area contributed by atoms with E-state index in [4.69, 9.17) is 0 Å². The fourth-order valence-electron chi connectivity index (χ4n) is 3.04. The highest BCUT2D eigenvalue weighted by molar-refractivity contribution is 5.95. The number of imidazole rings is 1. The van der Waals surface area contributed by atoms with Crippen molar-refractivity contribution in [1.82, 2.24) is 14.3 Å². The van der Waals surface area contributed by atoms with E-state index in [1.807, 2.05) is 88.3 Å². The number of nitrogens with zero attached hydrogens (tertiary/aromatic N) is 3. The first-order chi connectivity index (χ1) is 12.8. The van der Waals surface area contributed by atoms with Crippen LogP contribution < -0.4 is 0 Å². The molecule has 1 amide bonds. The molecule has 0 spiro atoms. The SMILES string of the molecule is O=C(c1ccn2cncc2c1)N(Cc1ccccc1)Cc1ccccc1. The number of aromatic nitrogens is 2. The Balaban J connectivity index is 1.65. The van der Waals surface area contributed by atoms with Gasteiger partial charge in [-0.15, -0.1) is 0 Å². The monoisotopic (exact) mass is 341 g/mol. The first-order valence-corrected chi connectivity index (χ1v) is 8.58. The van der Waals surface area contributed by atoms with Crippen LogP contribution in [0.4, 0.5) is 0 Å². The lowest BCUT2D eigenvalue weighted by atomic mass is 10.1. The summed E-state index contributed by atoms with van der Waals surface area (Å²) < 4.78 is 1.90. The number of carbonyl (C=O) groups is 1. The Bertz CT molecular complexity index is 968. The zero-order chi connectivity index (χ0) is 17.8. The maximum absolute atomic E-state index is 13.2. The number of hydrogen-bond donors (Lipinski definition) is 0. The third-order valence-corrected chi connectivity index (χ3v) is 4.38. The van der Waals surface area contributed by atoms with Crippen LogP contribution in [0.2, 0.25) is 0 Å². The number of hydrogen-bond acceptors (Lipinski definition) is 2. The van der Waals surface area contributed by atoms with Crippen LogP contribution in [0.1, 0.15) is 21.5 Å². The Morgan fingerprint density at radius 2 is 1.50 bits per heavy atom. The minimum atomic E-state index is 0.0152. The summed E-state index contributed by atoms with van der Waals surface area (Å²) in [5.41, 5.74) is 3.81. The van der Waals surface area contributed by atoms with Gasteiger partial charge in [-0.3, -0.25) is 4.79 Å². The number of rotatable bonds is 5. The van der Waals surface area contributed by atoms with Gasteiger partial charge in [0, 0.05) is 24.8 Å². The lowest BCUT2D eigenvalue weighted by Crippen LogP contribution is -2.30. The summed E-state index contributed by atoms with van der Waals surface area (Å²) >= 11 is 0. The largest absolute Gasteiger partial charge is 0.330 e. The molecule has 4 nitrogen and oxygen atoms in total. The molecule has 2 aromatic carbocycles. The van der Waals surface area contributed by atoms with Crippen LogP contribution in [0.15, 0.2) is 91.5 Å². The van der Waals surface area contributed by atoms with Crippen LogP contribution in [-0.2, 0) is 13.1 Å². The molecule has 0 aliphatic heterocycles. The van der Waals surface area contributed by atoms with Crippen LogP contribution in [0.5, 0.6) is 0 Å². The third kappa shape index (κ3) is 3.49. The maximum atomic E-state index is 13.2. The summed E-state index contributed by atoms with van der Waals surface area (Å²) in [4.78, 5) is 19.2. The van der Waals surface area contributed by atoms with Crippen molar-refractivity contribution in [1.29, 1.82) is 0 Å². The predicted molar refractivity (Wildman–Crippen MR) is 102 cm³/mol. The Hall–Kier alpha value is -3.40. The topological polar surface area (TPSA) is 37.6 Å². The summed E-state index contributed by atoms with van der Waals surface area (Å²) in [6.45, 7) is 1.14. The van der Waals surface area contributed by atoms with Gasteiger partial charge in [0.2, 0.25) is 0 Å². The van der Waals surface area contributed by atoms with E-state index in [-0.39, 0.29) is 5.91 Å². The van der Waals surface area contributed by atoms with Crippen molar-refractivity contribution in [2.24, 2.45) is 0 Å². The van der Waals surface area contributed by atoms with E-state index >= 15 is 0 Å². The maximum Gasteiger partial charge on any atom is 0.254 e. The molecule has 0 saturated carbocycles. The highest BCUT2D eigenvalue weighted by atomic mass is 16.2. The highest BCUT2D eigenvalue weighted by Crippen LogP contribution is 2.16. The second-order valence-corrected chi connectivity index (χ2v) is 6.27. The van der Waals surface area contributed by atoms with Crippen molar-refractivity contribution in [2.45, 2.75) is 13.1 Å². The molecule has 0 unspecified atom stereocenters.